The van der Waals surface area contributed by atoms with Crippen molar-refractivity contribution in [2.75, 3.05) is 40.6 Å². The maximum absolute atomic E-state index is 13.7. The zero-order chi connectivity index (χ0) is 28.4. The van der Waals surface area contributed by atoms with Gasteiger partial charge in [-0.25, -0.2) is 8.42 Å². The van der Waals surface area contributed by atoms with Crippen LogP contribution in [-0.4, -0.2) is 70.0 Å². The summed E-state index contributed by atoms with van der Waals surface area (Å²) in [5.74, 6) is 0.541. The van der Waals surface area contributed by atoms with Crippen molar-refractivity contribution in [2.45, 2.75) is 19.0 Å². The van der Waals surface area contributed by atoms with E-state index in [1.54, 1.807) is 50.6 Å². The molecule has 3 aromatic rings. The summed E-state index contributed by atoms with van der Waals surface area (Å²) in [7, 11) is 0.890. The molecule has 1 atom stereocenters. The predicted molar refractivity (Wildman–Crippen MR) is 150 cm³/mol. The van der Waals surface area contributed by atoms with Crippen LogP contribution in [0.15, 0.2) is 78.9 Å². The quantitative estimate of drug-likeness (QED) is 0.349. The molecule has 0 saturated carbocycles. The van der Waals surface area contributed by atoms with Crippen molar-refractivity contribution in [3.63, 3.8) is 0 Å². The fourth-order valence-electron chi connectivity index (χ4n) is 3.98. The van der Waals surface area contributed by atoms with E-state index in [1.165, 1.54) is 11.9 Å². The van der Waals surface area contributed by atoms with E-state index in [0.717, 1.165) is 27.4 Å². The van der Waals surface area contributed by atoms with Crippen molar-refractivity contribution in [1.82, 2.24) is 14.5 Å². The van der Waals surface area contributed by atoms with E-state index >= 15 is 0 Å². The number of benzene rings is 3. The Morgan fingerprint density at radius 2 is 1.38 bits per heavy atom. The molecule has 208 valence electrons. The summed E-state index contributed by atoms with van der Waals surface area (Å²) in [4.78, 5) is 28.7. The second kappa shape index (κ2) is 13.8. The zero-order valence-corrected chi connectivity index (χ0v) is 23.5. The second-order valence-corrected chi connectivity index (χ2v) is 11.2. The van der Waals surface area contributed by atoms with Crippen LogP contribution >= 0.6 is 0 Å². The number of rotatable bonds is 13. The van der Waals surface area contributed by atoms with Crippen LogP contribution in [0.2, 0.25) is 0 Å². The molecule has 9 nitrogen and oxygen atoms in total. The first-order valence-electron chi connectivity index (χ1n) is 12.4. The van der Waals surface area contributed by atoms with Crippen molar-refractivity contribution in [3.05, 3.63) is 95.6 Å². The molecule has 39 heavy (non-hydrogen) atoms. The number of amides is 2. The van der Waals surface area contributed by atoms with Gasteiger partial charge in [-0.2, -0.15) is 4.31 Å². The van der Waals surface area contributed by atoms with Gasteiger partial charge in [0.15, 0.2) is 0 Å². The number of carbonyl (C=O) groups is 2. The van der Waals surface area contributed by atoms with Crippen molar-refractivity contribution < 1.29 is 27.5 Å². The Morgan fingerprint density at radius 3 is 1.90 bits per heavy atom. The highest BCUT2D eigenvalue weighted by Crippen LogP contribution is 2.25. The van der Waals surface area contributed by atoms with E-state index in [-0.39, 0.29) is 12.5 Å². The van der Waals surface area contributed by atoms with Gasteiger partial charge in [-0.3, -0.25) is 9.59 Å². The van der Waals surface area contributed by atoms with Gasteiger partial charge in [-0.1, -0.05) is 54.6 Å². The highest BCUT2D eigenvalue weighted by atomic mass is 32.2. The zero-order valence-electron chi connectivity index (χ0n) is 22.7. The number of nitrogens with one attached hydrogen (secondary N) is 1. The average molecular weight is 554 g/mol. The molecule has 0 saturated heterocycles. The average Bonchev–Trinajstić information content (AvgIpc) is 2.93. The molecule has 0 radical (unpaired) electrons. The molecule has 3 aromatic carbocycles. The number of nitrogens with zero attached hydrogens (tertiary/aromatic N) is 2. The van der Waals surface area contributed by atoms with Gasteiger partial charge < -0.3 is 19.7 Å². The van der Waals surface area contributed by atoms with Crippen molar-refractivity contribution in [1.29, 1.82) is 0 Å². The maximum atomic E-state index is 13.7. The minimum Gasteiger partial charge on any atom is -0.497 e. The maximum Gasteiger partial charge on any atom is 0.247 e. The van der Waals surface area contributed by atoms with Gasteiger partial charge in [0, 0.05) is 20.1 Å². The van der Waals surface area contributed by atoms with Gasteiger partial charge in [0.25, 0.3) is 0 Å². The lowest BCUT2D eigenvalue weighted by atomic mass is 10.0. The molecule has 0 spiro atoms. The lowest BCUT2D eigenvalue weighted by Gasteiger charge is -2.32. The third-order valence-corrected chi connectivity index (χ3v) is 7.57. The Balaban J connectivity index is 1.89. The molecule has 10 heteroatoms. The Bertz CT molecular complexity index is 1330. The van der Waals surface area contributed by atoms with E-state index < -0.39 is 28.5 Å². The standard InChI is InChI=1S/C29H35N3O6S/c1-31(39(4,35)36)21-27(33)32(20-23-12-16-26(38-3)17-13-23)28(24-8-6-5-7-9-24)29(34)30-19-18-22-10-14-25(37-2)15-11-22/h5-17,28H,18-21H2,1-4H3,(H,30,34)/t28-/m1/s1. The van der Waals surface area contributed by atoms with E-state index in [4.69, 9.17) is 9.47 Å². The van der Waals surface area contributed by atoms with Crippen molar-refractivity contribution in [2.24, 2.45) is 0 Å². The van der Waals surface area contributed by atoms with Gasteiger partial charge in [-0.15, -0.1) is 0 Å². The largest absolute Gasteiger partial charge is 0.497 e. The molecule has 0 bridgehead atoms. The SMILES string of the molecule is COc1ccc(CCNC(=O)[C@@H](c2ccccc2)N(Cc2ccc(OC)cc2)C(=O)CN(C)S(C)(=O)=O)cc1. The summed E-state index contributed by atoms with van der Waals surface area (Å²) in [5, 5.41) is 2.97. The summed E-state index contributed by atoms with van der Waals surface area (Å²) >= 11 is 0. The summed E-state index contributed by atoms with van der Waals surface area (Å²) < 4.78 is 35.5. The van der Waals surface area contributed by atoms with Gasteiger partial charge in [0.05, 0.1) is 27.0 Å². The monoisotopic (exact) mass is 553 g/mol. The van der Waals surface area contributed by atoms with Crippen LogP contribution in [0.1, 0.15) is 22.7 Å². The first-order valence-corrected chi connectivity index (χ1v) is 14.3. The Hall–Kier alpha value is -3.89. The Morgan fingerprint density at radius 1 is 0.846 bits per heavy atom. The number of likely N-dealkylation sites (N-methyl/N-ethyl adjacent to an activating group) is 1. The first-order chi connectivity index (χ1) is 18.6. The molecule has 2 amide bonds. The molecule has 0 aromatic heterocycles. The molecule has 1 N–H and O–H groups in total. The summed E-state index contributed by atoms with van der Waals surface area (Å²) in [5.41, 5.74) is 2.40. The van der Waals surface area contributed by atoms with Crippen LogP contribution in [0.3, 0.4) is 0 Å². The normalized spacial score (nSPS) is 12.0. The molecule has 0 heterocycles. The smallest absolute Gasteiger partial charge is 0.247 e. The van der Waals surface area contributed by atoms with Crippen LogP contribution in [-0.2, 0) is 32.6 Å². The Kier molecular flexibility index (Phi) is 10.5. The van der Waals surface area contributed by atoms with Crippen LogP contribution in [0.4, 0.5) is 0 Å². The van der Waals surface area contributed by atoms with Crippen LogP contribution in [0.25, 0.3) is 0 Å². The lowest BCUT2D eigenvalue weighted by molar-refractivity contribution is -0.141. The van der Waals surface area contributed by atoms with Gasteiger partial charge in [0.2, 0.25) is 21.8 Å². The van der Waals surface area contributed by atoms with E-state index in [9.17, 15) is 18.0 Å². The van der Waals surface area contributed by atoms with Crippen molar-refractivity contribution in [3.8, 4) is 11.5 Å². The molecule has 0 fully saturated rings. The number of sulfonamides is 1. The summed E-state index contributed by atoms with van der Waals surface area (Å²) in [6.45, 7) is 0.0334. The highest BCUT2D eigenvalue weighted by molar-refractivity contribution is 7.88. The summed E-state index contributed by atoms with van der Waals surface area (Å²) in [6, 6.07) is 22.7. The van der Waals surface area contributed by atoms with Crippen LogP contribution < -0.4 is 14.8 Å². The molecule has 0 aliphatic carbocycles. The van der Waals surface area contributed by atoms with E-state index in [2.05, 4.69) is 5.32 Å². The van der Waals surface area contributed by atoms with Gasteiger partial charge in [-0.05, 0) is 47.4 Å². The lowest BCUT2D eigenvalue weighted by Crippen LogP contribution is -2.47. The minimum absolute atomic E-state index is 0.0892. The number of hydrogen-bond acceptors (Lipinski definition) is 6. The molecule has 3 rings (SSSR count). The summed E-state index contributed by atoms with van der Waals surface area (Å²) in [6.07, 6.45) is 1.62. The predicted octanol–water partition coefficient (Wildman–Crippen LogP) is 3.02. The van der Waals surface area contributed by atoms with Crippen LogP contribution in [0, 0.1) is 0 Å². The third kappa shape index (κ3) is 8.56. The molecular formula is C29H35N3O6S. The van der Waals surface area contributed by atoms with E-state index in [0.29, 0.717) is 24.3 Å². The molecular weight excluding hydrogens is 518 g/mol. The fraction of sp³-hybridized carbons (Fsp3) is 0.310. The number of carbonyl (C=O) groups excluding carboxylic acids is 2. The number of ether oxygens (including phenoxy) is 2. The number of methoxy groups -OCH3 is 2. The molecule has 0 unspecified atom stereocenters. The van der Waals surface area contributed by atoms with Crippen molar-refractivity contribution >= 4 is 21.8 Å². The third-order valence-electron chi connectivity index (χ3n) is 6.30. The fourth-order valence-corrected chi connectivity index (χ4v) is 4.32. The Labute approximate surface area is 230 Å². The highest BCUT2D eigenvalue weighted by Gasteiger charge is 2.32. The molecule has 0 aliphatic rings. The molecule has 0 aliphatic heterocycles. The van der Waals surface area contributed by atoms with Gasteiger partial charge >= 0.3 is 0 Å². The first kappa shape index (κ1) is 29.7. The van der Waals surface area contributed by atoms with E-state index in [1.807, 2.05) is 42.5 Å². The minimum atomic E-state index is -3.61. The number of hydrogen-bond donors (Lipinski definition) is 1. The van der Waals surface area contributed by atoms with Crippen LogP contribution in [0.5, 0.6) is 11.5 Å². The van der Waals surface area contributed by atoms with Gasteiger partial charge in [0.1, 0.15) is 17.5 Å². The topological polar surface area (TPSA) is 105 Å². The second-order valence-electron chi connectivity index (χ2n) is 9.09.